The van der Waals surface area contributed by atoms with E-state index in [1.165, 1.54) is 0 Å². The Bertz CT molecular complexity index is 933. The van der Waals surface area contributed by atoms with Gasteiger partial charge in [-0.2, -0.15) is 0 Å². The number of nitrogens with zero attached hydrogens (tertiary/aromatic N) is 2. The van der Waals surface area contributed by atoms with Crippen molar-refractivity contribution in [3.63, 3.8) is 0 Å². The zero-order valence-electron chi connectivity index (χ0n) is 16.3. The van der Waals surface area contributed by atoms with Gasteiger partial charge < -0.3 is 19.3 Å². The van der Waals surface area contributed by atoms with Gasteiger partial charge in [0, 0.05) is 26.1 Å². The molecule has 1 fully saturated rings. The monoisotopic (exact) mass is 414 g/mol. The maximum Gasteiger partial charge on any atom is 0.228 e. The van der Waals surface area contributed by atoms with Gasteiger partial charge in [-0.05, 0) is 36.8 Å². The average molecular weight is 415 g/mol. The summed E-state index contributed by atoms with van der Waals surface area (Å²) >= 11 is 6.24. The topological polar surface area (TPSA) is 59.1 Å². The van der Waals surface area contributed by atoms with E-state index in [2.05, 4.69) is 0 Å². The van der Waals surface area contributed by atoms with Crippen LogP contribution in [0.5, 0.6) is 11.5 Å². The lowest BCUT2D eigenvalue weighted by molar-refractivity contribution is -0.136. The first kappa shape index (κ1) is 19.6. The van der Waals surface area contributed by atoms with Gasteiger partial charge >= 0.3 is 0 Å². The smallest absolute Gasteiger partial charge is 0.228 e. The first-order chi connectivity index (χ1) is 14.1. The van der Waals surface area contributed by atoms with Crippen LogP contribution in [-0.4, -0.2) is 43.0 Å². The molecule has 4 rings (SSSR count). The summed E-state index contributed by atoms with van der Waals surface area (Å²) in [7, 11) is 0. The van der Waals surface area contributed by atoms with E-state index in [9.17, 15) is 9.59 Å². The first-order valence-electron chi connectivity index (χ1n) is 9.79. The molecule has 0 radical (unpaired) electrons. The van der Waals surface area contributed by atoms with Gasteiger partial charge in [0.25, 0.3) is 0 Å². The Morgan fingerprint density at radius 3 is 2.69 bits per heavy atom. The van der Waals surface area contributed by atoms with E-state index < -0.39 is 0 Å². The lowest BCUT2D eigenvalue weighted by atomic mass is 10.1. The molecule has 2 aliphatic heterocycles. The number of fused-ring (bicyclic) bond motifs is 1. The first-order valence-corrected chi connectivity index (χ1v) is 10.2. The zero-order valence-corrected chi connectivity index (χ0v) is 17.0. The quantitative estimate of drug-likeness (QED) is 0.751. The van der Waals surface area contributed by atoms with Gasteiger partial charge in [-0.25, -0.2) is 0 Å². The molecule has 0 N–H and O–H groups in total. The van der Waals surface area contributed by atoms with Crippen molar-refractivity contribution in [2.75, 3.05) is 31.2 Å². The molecular weight excluding hydrogens is 392 g/mol. The lowest BCUT2D eigenvalue weighted by Gasteiger charge is -2.25. The minimum atomic E-state index is -0.379. The van der Waals surface area contributed by atoms with Gasteiger partial charge in [0.2, 0.25) is 11.8 Å². The van der Waals surface area contributed by atoms with Crippen molar-refractivity contribution in [2.24, 2.45) is 5.92 Å². The molecule has 2 amide bonds. The molecule has 1 atom stereocenters. The van der Waals surface area contributed by atoms with Gasteiger partial charge in [0.05, 0.1) is 16.6 Å². The predicted octanol–water partition coefficient (Wildman–Crippen LogP) is 3.51. The molecule has 2 aromatic carbocycles. The maximum atomic E-state index is 13.1. The number of hydrogen-bond acceptors (Lipinski definition) is 4. The lowest BCUT2D eigenvalue weighted by Crippen LogP contribution is -2.37. The molecule has 7 heteroatoms. The molecule has 1 saturated heterocycles. The number of carbonyl (C=O) groups is 2. The van der Waals surface area contributed by atoms with Crippen molar-refractivity contribution >= 4 is 29.1 Å². The molecule has 2 aromatic rings. The standard InChI is InChI=1S/C22H23ClN2O4/c1-2-24(13-15-7-8-19-20(11-15)29-10-9-28-19)22(27)16-12-21(26)25(14-16)18-6-4-3-5-17(18)23/h3-8,11,16H,2,9-10,12-14H2,1H3/t16-/m1/s1. The van der Waals surface area contributed by atoms with E-state index in [-0.39, 0.29) is 24.2 Å². The van der Waals surface area contributed by atoms with E-state index in [4.69, 9.17) is 21.1 Å². The third-order valence-electron chi connectivity index (χ3n) is 5.29. The van der Waals surface area contributed by atoms with E-state index in [0.29, 0.717) is 49.3 Å². The molecule has 0 bridgehead atoms. The Labute approximate surface area is 174 Å². The van der Waals surface area contributed by atoms with Gasteiger partial charge in [-0.3, -0.25) is 9.59 Å². The van der Waals surface area contributed by atoms with Gasteiger partial charge in [-0.15, -0.1) is 0 Å². The third-order valence-corrected chi connectivity index (χ3v) is 5.61. The molecule has 29 heavy (non-hydrogen) atoms. The largest absolute Gasteiger partial charge is 0.486 e. The molecule has 152 valence electrons. The second kappa shape index (κ2) is 8.33. The minimum Gasteiger partial charge on any atom is -0.486 e. The Kier molecular flexibility index (Phi) is 5.62. The fourth-order valence-corrected chi connectivity index (χ4v) is 4.02. The summed E-state index contributed by atoms with van der Waals surface area (Å²) in [5.41, 5.74) is 1.63. The summed E-state index contributed by atoms with van der Waals surface area (Å²) in [4.78, 5) is 29.1. The predicted molar refractivity (Wildman–Crippen MR) is 110 cm³/mol. The molecule has 2 aliphatic rings. The van der Waals surface area contributed by atoms with Crippen LogP contribution in [0.4, 0.5) is 5.69 Å². The number of anilines is 1. The van der Waals surface area contributed by atoms with Crippen molar-refractivity contribution in [1.29, 1.82) is 0 Å². The number of benzene rings is 2. The minimum absolute atomic E-state index is 0.0229. The Morgan fingerprint density at radius 2 is 1.93 bits per heavy atom. The highest BCUT2D eigenvalue weighted by Crippen LogP contribution is 2.33. The summed E-state index contributed by atoms with van der Waals surface area (Å²) in [5.74, 6) is 0.956. The molecular formula is C22H23ClN2O4. The van der Waals surface area contributed by atoms with E-state index >= 15 is 0 Å². The Morgan fingerprint density at radius 1 is 1.17 bits per heavy atom. The number of rotatable bonds is 5. The van der Waals surface area contributed by atoms with Crippen LogP contribution < -0.4 is 14.4 Å². The molecule has 6 nitrogen and oxygen atoms in total. The van der Waals surface area contributed by atoms with Crippen LogP contribution in [0.3, 0.4) is 0 Å². The second-order valence-electron chi connectivity index (χ2n) is 7.19. The van der Waals surface area contributed by atoms with Crippen LogP contribution in [-0.2, 0) is 16.1 Å². The maximum absolute atomic E-state index is 13.1. The molecule has 2 heterocycles. The Hall–Kier alpha value is -2.73. The molecule has 0 unspecified atom stereocenters. The van der Waals surface area contributed by atoms with E-state index in [1.54, 1.807) is 21.9 Å². The van der Waals surface area contributed by atoms with Crippen LogP contribution in [0.15, 0.2) is 42.5 Å². The van der Waals surface area contributed by atoms with Crippen molar-refractivity contribution in [2.45, 2.75) is 19.9 Å². The SMILES string of the molecule is CCN(Cc1ccc2c(c1)OCCO2)C(=O)[C@@H]1CC(=O)N(c2ccccc2Cl)C1. The summed E-state index contributed by atoms with van der Waals surface area (Å²) in [6, 6.07) is 12.9. The number of hydrogen-bond donors (Lipinski definition) is 0. The summed E-state index contributed by atoms with van der Waals surface area (Å²) in [5, 5.41) is 0.512. The van der Waals surface area contributed by atoms with Crippen LogP contribution in [0.1, 0.15) is 18.9 Å². The highest BCUT2D eigenvalue weighted by molar-refractivity contribution is 6.33. The van der Waals surface area contributed by atoms with Crippen molar-refractivity contribution in [3.05, 3.63) is 53.1 Å². The normalized spacial score (nSPS) is 18.1. The van der Waals surface area contributed by atoms with Gasteiger partial charge in [0.1, 0.15) is 13.2 Å². The van der Waals surface area contributed by atoms with Crippen LogP contribution in [0, 0.1) is 5.92 Å². The van der Waals surface area contributed by atoms with Crippen LogP contribution in [0.2, 0.25) is 5.02 Å². The van der Waals surface area contributed by atoms with E-state index in [0.717, 1.165) is 11.3 Å². The van der Waals surface area contributed by atoms with Crippen molar-refractivity contribution in [3.8, 4) is 11.5 Å². The number of ether oxygens (including phenoxy) is 2. The number of amides is 2. The second-order valence-corrected chi connectivity index (χ2v) is 7.59. The molecule has 0 spiro atoms. The summed E-state index contributed by atoms with van der Waals surface area (Å²) in [6.07, 6.45) is 0.196. The number of carbonyl (C=O) groups excluding carboxylic acids is 2. The van der Waals surface area contributed by atoms with Gasteiger partial charge in [0.15, 0.2) is 11.5 Å². The molecule has 0 saturated carbocycles. The Balaban J connectivity index is 1.46. The summed E-state index contributed by atoms with van der Waals surface area (Å²) < 4.78 is 11.2. The third kappa shape index (κ3) is 4.03. The summed E-state index contributed by atoms with van der Waals surface area (Å²) in [6.45, 7) is 4.38. The molecule has 0 aromatic heterocycles. The fraction of sp³-hybridized carbons (Fsp3) is 0.364. The average Bonchev–Trinajstić information content (AvgIpc) is 3.13. The van der Waals surface area contributed by atoms with E-state index in [1.807, 2.05) is 37.3 Å². The zero-order chi connectivity index (χ0) is 20.4. The number of halogens is 1. The van der Waals surface area contributed by atoms with Crippen LogP contribution >= 0.6 is 11.6 Å². The van der Waals surface area contributed by atoms with Crippen molar-refractivity contribution < 1.29 is 19.1 Å². The van der Waals surface area contributed by atoms with Crippen molar-refractivity contribution in [1.82, 2.24) is 4.90 Å². The highest BCUT2D eigenvalue weighted by atomic mass is 35.5. The van der Waals surface area contributed by atoms with Gasteiger partial charge in [-0.1, -0.05) is 29.8 Å². The fourth-order valence-electron chi connectivity index (χ4n) is 3.79. The highest BCUT2D eigenvalue weighted by Gasteiger charge is 2.37. The molecule has 0 aliphatic carbocycles. The number of para-hydroxylation sites is 1. The van der Waals surface area contributed by atoms with Crippen LogP contribution in [0.25, 0.3) is 0 Å².